The van der Waals surface area contributed by atoms with E-state index >= 15 is 0 Å². The molecular formula is C12H18BNO4S. The molecule has 1 fully saturated rings. The molecule has 1 aliphatic rings. The third-order valence-electron chi connectivity index (χ3n) is 3.54. The Morgan fingerprint density at radius 1 is 1.26 bits per heavy atom. The van der Waals surface area contributed by atoms with Gasteiger partial charge in [0.1, 0.15) is 0 Å². The van der Waals surface area contributed by atoms with Crippen molar-refractivity contribution in [2.24, 2.45) is 5.92 Å². The molecule has 0 spiro atoms. The summed E-state index contributed by atoms with van der Waals surface area (Å²) in [7, 11) is -5.19. The van der Waals surface area contributed by atoms with Gasteiger partial charge in [0.25, 0.3) is 0 Å². The zero-order valence-corrected chi connectivity index (χ0v) is 11.7. The Morgan fingerprint density at radius 3 is 2.47 bits per heavy atom. The van der Waals surface area contributed by atoms with Gasteiger partial charge in [0.05, 0.1) is 4.90 Å². The average molecular weight is 283 g/mol. The molecule has 0 aliphatic carbocycles. The molecule has 1 saturated heterocycles. The Morgan fingerprint density at radius 2 is 1.89 bits per heavy atom. The summed E-state index contributed by atoms with van der Waals surface area (Å²) in [5, 5.41) is 18.2. The van der Waals surface area contributed by atoms with Crippen molar-refractivity contribution in [2.75, 3.05) is 13.1 Å². The van der Waals surface area contributed by atoms with Crippen LogP contribution in [0.2, 0.25) is 0 Å². The first-order chi connectivity index (χ1) is 8.91. The molecule has 1 aromatic rings. The van der Waals surface area contributed by atoms with Gasteiger partial charge in [-0.05, 0) is 36.4 Å². The van der Waals surface area contributed by atoms with Crippen LogP contribution in [-0.2, 0) is 10.0 Å². The summed E-state index contributed by atoms with van der Waals surface area (Å²) >= 11 is 0. The molecule has 0 bridgehead atoms. The largest absolute Gasteiger partial charge is 0.488 e. The lowest BCUT2D eigenvalue weighted by atomic mass is 9.80. The smallest absolute Gasteiger partial charge is 0.423 e. The summed E-state index contributed by atoms with van der Waals surface area (Å²) in [6, 6.07) is 5.81. The maximum Gasteiger partial charge on any atom is 0.488 e. The number of rotatable bonds is 3. The summed E-state index contributed by atoms with van der Waals surface area (Å²) in [5.41, 5.74) is 0.187. The van der Waals surface area contributed by atoms with E-state index in [-0.39, 0.29) is 10.4 Å². The fraction of sp³-hybridized carbons (Fsp3) is 0.500. The van der Waals surface area contributed by atoms with E-state index in [9.17, 15) is 8.42 Å². The Hall–Kier alpha value is -0.885. The van der Waals surface area contributed by atoms with E-state index in [0.717, 1.165) is 12.8 Å². The third-order valence-corrected chi connectivity index (χ3v) is 5.43. The van der Waals surface area contributed by atoms with Crippen LogP contribution in [0.3, 0.4) is 0 Å². The predicted molar refractivity (Wildman–Crippen MR) is 73.4 cm³/mol. The molecular weight excluding hydrogens is 265 g/mol. The Balaban J connectivity index is 2.26. The molecule has 19 heavy (non-hydrogen) atoms. The van der Waals surface area contributed by atoms with Crippen LogP contribution in [0.5, 0.6) is 0 Å². The molecule has 0 amide bonds. The van der Waals surface area contributed by atoms with E-state index in [4.69, 9.17) is 10.0 Å². The average Bonchev–Trinajstić information content (AvgIpc) is 2.39. The first kappa shape index (κ1) is 14.5. The molecule has 7 heteroatoms. The highest BCUT2D eigenvalue weighted by Gasteiger charge is 2.28. The van der Waals surface area contributed by atoms with E-state index in [1.54, 1.807) is 0 Å². The van der Waals surface area contributed by atoms with Crippen LogP contribution in [0.15, 0.2) is 29.2 Å². The monoisotopic (exact) mass is 283 g/mol. The van der Waals surface area contributed by atoms with Crippen LogP contribution in [0.1, 0.15) is 19.8 Å². The highest BCUT2D eigenvalue weighted by molar-refractivity contribution is 7.89. The SMILES string of the molecule is CC1CCN(S(=O)(=O)c2cccc(B(O)O)c2)CC1. The fourth-order valence-electron chi connectivity index (χ4n) is 2.21. The van der Waals surface area contributed by atoms with Gasteiger partial charge in [-0.3, -0.25) is 0 Å². The van der Waals surface area contributed by atoms with Gasteiger partial charge in [-0.1, -0.05) is 19.1 Å². The van der Waals surface area contributed by atoms with E-state index in [1.807, 2.05) is 0 Å². The number of piperidine rings is 1. The van der Waals surface area contributed by atoms with Crippen molar-refractivity contribution in [3.63, 3.8) is 0 Å². The summed E-state index contributed by atoms with van der Waals surface area (Å²) in [5.74, 6) is 0.553. The van der Waals surface area contributed by atoms with Crippen molar-refractivity contribution in [3.05, 3.63) is 24.3 Å². The van der Waals surface area contributed by atoms with Crippen LogP contribution in [0.4, 0.5) is 0 Å². The van der Waals surface area contributed by atoms with Gasteiger partial charge in [-0.15, -0.1) is 0 Å². The van der Waals surface area contributed by atoms with E-state index in [2.05, 4.69) is 6.92 Å². The lowest BCUT2D eigenvalue weighted by Crippen LogP contribution is -2.38. The lowest BCUT2D eigenvalue weighted by molar-refractivity contribution is 0.288. The number of benzene rings is 1. The molecule has 1 aliphatic heterocycles. The van der Waals surface area contributed by atoms with Crippen LogP contribution in [0.25, 0.3) is 0 Å². The predicted octanol–water partition coefficient (Wildman–Crippen LogP) is -0.213. The summed E-state index contributed by atoms with van der Waals surface area (Å²) < 4.78 is 26.3. The van der Waals surface area contributed by atoms with Gasteiger partial charge < -0.3 is 10.0 Å². The molecule has 0 saturated carbocycles. The summed E-state index contributed by atoms with van der Waals surface area (Å²) in [6.45, 7) is 3.16. The normalized spacial score (nSPS) is 18.5. The van der Waals surface area contributed by atoms with Crippen molar-refractivity contribution >= 4 is 22.6 Å². The van der Waals surface area contributed by atoms with Crippen LogP contribution >= 0.6 is 0 Å². The van der Waals surface area contributed by atoms with Crippen LogP contribution in [-0.4, -0.2) is 43.0 Å². The number of nitrogens with zero attached hydrogens (tertiary/aromatic N) is 1. The Kier molecular flexibility index (Phi) is 4.30. The fourth-order valence-corrected chi connectivity index (χ4v) is 3.74. The minimum Gasteiger partial charge on any atom is -0.423 e. The lowest BCUT2D eigenvalue weighted by Gasteiger charge is -2.29. The standard InChI is InChI=1S/C12H18BNO4S/c1-10-5-7-14(8-6-10)19(17,18)12-4-2-3-11(9-12)13(15)16/h2-4,9-10,15-16H,5-8H2,1H3. The molecule has 0 atom stereocenters. The van der Waals surface area contributed by atoms with Gasteiger partial charge in [-0.25, -0.2) is 8.42 Å². The second-order valence-corrected chi connectivity index (χ2v) is 6.97. The van der Waals surface area contributed by atoms with Gasteiger partial charge in [-0.2, -0.15) is 4.31 Å². The van der Waals surface area contributed by atoms with E-state index in [1.165, 1.54) is 28.6 Å². The minimum atomic E-state index is -3.53. The van der Waals surface area contributed by atoms with Crippen molar-refractivity contribution < 1.29 is 18.5 Å². The molecule has 2 N–H and O–H groups in total. The Labute approximate surface area is 114 Å². The summed E-state index contributed by atoms with van der Waals surface area (Å²) in [4.78, 5) is 0.118. The van der Waals surface area contributed by atoms with Gasteiger partial charge in [0.2, 0.25) is 10.0 Å². The van der Waals surface area contributed by atoms with Crippen molar-refractivity contribution in [1.82, 2.24) is 4.31 Å². The molecule has 5 nitrogen and oxygen atoms in total. The Bertz CT molecular complexity index is 538. The first-order valence-electron chi connectivity index (χ1n) is 6.37. The topological polar surface area (TPSA) is 77.8 Å². The third kappa shape index (κ3) is 3.17. The van der Waals surface area contributed by atoms with Gasteiger partial charge in [0.15, 0.2) is 0 Å². The van der Waals surface area contributed by atoms with Crippen molar-refractivity contribution in [2.45, 2.75) is 24.7 Å². The van der Waals surface area contributed by atoms with E-state index < -0.39 is 17.1 Å². The molecule has 0 radical (unpaired) electrons. The first-order valence-corrected chi connectivity index (χ1v) is 7.81. The highest BCUT2D eigenvalue weighted by Crippen LogP contribution is 2.22. The molecule has 0 aromatic heterocycles. The van der Waals surface area contributed by atoms with Crippen LogP contribution < -0.4 is 5.46 Å². The maximum absolute atomic E-state index is 12.4. The second kappa shape index (κ2) is 5.62. The quantitative estimate of drug-likeness (QED) is 0.752. The molecule has 2 rings (SSSR count). The minimum absolute atomic E-state index is 0.118. The molecule has 1 aromatic carbocycles. The molecule has 104 valence electrons. The van der Waals surface area contributed by atoms with Gasteiger partial charge in [0, 0.05) is 13.1 Å². The zero-order chi connectivity index (χ0) is 14.0. The highest BCUT2D eigenvalue weighted by atomic mass is 32.2. The number of hydrogen-bond acceptors (Lipinski definition) is 4. The zero-order valence-electron chi connectivity index (χ0n) is 10.9. The summed E-state index contributed by atoms with van der Waals surface area (Å²) in [6.07, 6.45) is 1.73. The second-order valence-electron chi connectivity index (χ2n) is 5.03. The number of sulfonamides is 1. The molecule has 1 heterocycles. The molecule has 0 unspecified atom stereocenters. The maximum atomic E-state index is 12.4. The van der Waals surface area contributed by atoms with E-state index in [0.29, 0.717) is 19.0 Å². The van der Waals surface area contributed by atoms with Crippen molar-refractivity contribution in [1.29, 1.82) is 0 Å². The van der Waals surface area contributed by atoms with Crippen molar-refractivity contribution in [3.8, 4) is 0 Å². The van der Waals surface area contributed by atoms with Gasteiger partial charge >= 0.3 is 7.12 Å². The van der Waals surface area contributed by atoms with Crippen LogP contribution in [0, 0.1) is 5.92 Å². The number of hydrogen-bond donors (Lipinski definition) is 2.